The van der Waals surface area contributed by atoms with E-state index in [0.29, 0.717) is 26.2 Å². The monoisotopic (exact) mass is 387 g/mol. The standard InChI is InChI=1S/C18H19F2N7O/c1-25-17-13(9-23-25)18(22-11-21-17)27-6-4-26(5-7-27)10-16(28)24-15-3-2-12(19)8-14(15)20/h2-3,8-9,11H,4-7,10H2,1H3,(H,24,28). The molecule has 0 bridgehead atoms. The fraction of sp³-hybridized carbons (Fsp3) is 0.333. The van der Waals surface area contributed by atoms with E-state index < -0.39 is 11.6 Å². The fourth-order valence-electron chi connectivity index (χ4n) is 3.30. The van der Waals surface area contributed by atoms with Crippen molar-refractivity contribution in [1.29, 1.82) is 0 Å². The molecule has 1 aliphatic rings. The molecular formula is C18H19F2N7O. The molecule has 8 nitrogen and oxygen atoms in total. The Morgan fingerprint density at radius 1 is 1.18 bits per heavy atom. The van der Waals surface area contributed by atoms with Crippen LogP contribution in [0.2, 0.25) is 0 Å². The van der Waals surface area contributed by atoms with E-state index in [9.17, 15) is 13.6 Å². The summed E-state index contributed by atoms with van der Waals surface area (Å²) in [6.45, 7) is 2.84. The van der Waals surface area contributed by atoms with Gasteiger partial charge in [-0.15, -0.1) is 0 Å². The summed E-state index contributed by atoms with van der Waals surface area (Å²) < 4.78 is 28.3. The first-order valence-electron chi connectivity index (χ1n) is 8.86. The number of rotatable bonds is 4. The number of benzene rings is 1. The molecule has 1 aliphatic heterocycles. The Kier molecular flexibility index (Phi) is 4.86. The van der Waals surface area contributed by atoms with Gasteiger partial charge in [0, 0.05) is 39.3 Å². The van der Waals surface area contributed by atoms with Crippen LogP contribution in [0.15, 0.2) is 30.7 Å². The van der Waals surface area contributed by atoms with Crippen LogP contribution in [-0.4, -0.2) is 63.3 Å². The van der Waals surface area contributed by atoms with Crippen LogP contribution in [0, 0.1) is 11.6 Å². The molecule has 0 radical (unpaired) electrons. The molecule has 2 aromatic heterocycles. The average molecular weight is 387 g/mol. The quantitative estimate of drug-likeness (QED) is 0.729. The number of amides is 1. The number of anilines is 2. The van der Waals surface area contributed by atoms with Crippen LogP contribution in [0.1, 0.15) is 0 Å². The summed E-state index contributed by atoms with van der Waals surface area (Å²) in [6.07, 6.45) is 3.28. The van der Waals surface area contributed by atoms with E-state index in [-0.39, 0.29) is 18.1 Å². The third-order valence-electron chi connectivity index (χ3n) is 4.75. The fourth-order valence-corrected chi connectivity index (χ4v) is 3.30. The molecule has 1 fully saturated rings. The molecule has 0 aliphatic carbocycles. The van der Waals surface area contributed by atoms with Gasteiger partial charge in [0.2, 0.25) is 5.91 Å². The third kappa shape index (κ3) is 3.63. The zero-order chi connectivity index (χ0) is 19.7. The van der Waals surface area contributed by atoms with Gasteiger partial charge in [-0.1, -0.05) is 0 Å². The highest BCUT2D eigenvalue weighted by Crippen LogP contribution is 2.23. The summed E-state index contributed by atoms with van der Waals surface area (Å²) in [6, 6.07) is 3.07. The lowest BCUT2D eigenvalue weighted by Crippen LogP contribution is -2.49. The Bertz CT molecular complexity index is 1010. The first-order valence-corrected chi connectivity index (χ1v) is 8.86. The van der Waals surface area contributed by atoms with Gasteiger partial charge >= 0.3 is 0 Å². The van der Waals surface area contributed by atoms with Gasteiger partial charge < -0.3 is 10.2 Å². The van der Waals surface area contributed by atoms with Crippen molar-refractivity contribution < 1.29 is 13.6 Å². The van der Waals surface area contributed by atoms with E-state index in [1.807, 2.05) is 11.9 Å². The van der Waals surface area contributed by atoms with Crippen LogP contribution in [0.4, 0.5) is 20.3 Å². The zero-order valence-electron chi connectivity index (χ0n) is 15.3. The van der Waals surface area contributed by atoms with Crippen LogP contribution in [0.25, 0.3) is 11.0 Å². The van der Waals surface area contributed by atoms with Crippen LogP contribution >= 0.6 is 0 Å². The molecule has 0 saturated carbocycles. The molecule has 1 N–H and O–H groups in total. The minimum absolute atomic E-state index is 0.0232. The molecule has 28 heavy (non-hydrogen) atoms. The summed E-state index contributed by atoms with van der Waals surface area (Å²) >= 11 is 0. The lowest BCUT2D eigenvalue weighted by atomic mass is 10.2. The lowest BCUT2D eigenvalue weighted by Gasteiger charge is -2.35. The first kappa shape index (κ1) is 18.2. The number of hydrogen-bond donors (Lipinski definition) is 1. The number of hydrogen-bond acceptors (Lipinski definition) is 6. The summed E-state index contributed by atoms with van der Waals surface area (Å²) in [5, 5.41) is 7.61. The van der Waals surface area contributed by atoms with E-state index in [1.165, 1.54) is 12.4 Å². The Morgan fingerprint density at radius 3 is 2.71 bits per heavy atom. The predicted octanol–water partition coefficient (Wildman–Crippen LogP) is 1.40. The van der Waals surface area contributed by atoms with E-state index in [4.69, 9.17) is 0 Å². The SMILES string of the molecule is Cn1ncc2c(N3CCN(CC(=O)Nc4ccc(F)cc4F)CC3)ncnc21. The van der Waals surface area contributed by atoms with Crippen molar-refractivity contribution in [3.63, 3.8) is 0 Å². The van der Waals surface area contributed by atoms with Gasteiger partial charge in [0.25, 0.3) is 0 Å². The lowest BCUT2D eigenvalue weighted by molar-refractivity contribution is -0.117. The smallest absolute Gasteiger partial charge is 0.238 e. The zero-order valence-corrected chi connectivity index (χ0v) is 15.3. The van der Waals surface area contributed by atoms with Crippen LogP contribution in [0.5, 0.6) is 0 Å². The Balaban J connectivity index is 1.35. The van der Waals surface area contributed by atoms with Crippen molar-refractivity contribution in [3.8, 4) is 0 Å². The van der Waals surface area contributed by atoms with E-state index in [0.717, 1.165) is 29.0 Å². The second-order valence-electron chi connectivity index (χ2n) is 6.64. The van der Waals surface area contributed by atoms with Crippen LogP contribution in [0.3, 0.4) is 0 Å². The topological polar surface area (TPSA) is 79.2 Å². The predicted molar refractivity (Wildman–Crippen MR) is 99.9 cm³/mol. The molecule has 1 saturated heterocycles. The number of nitrogens with one attached hydrogen (secondary N) is 1. The minimum Gasteiger partial charge on any atom is -0.353 e. The molecule has 3 aromatic rings. The second-order valence-corrected chi connectivity index (χ2v) is 6.64. The Hall–Kier alpha value is -3.14. The maximum atomic E-state index is 13.7. The maximum Gasteiger partial charge on any atom is 0.238 e. The van der Waals surface area contributed by atoms with Gasteiger partial charge in [-0.05, 0) is 12.1 Å². The summed E-state index contributed by atoms with van der Waals surface area (Å²) in [7, 11) is 1.83. The van der Waals surface area contributed by atoms with Crippen LogP contribution < -0.4 is 10.2 Å². The highest BCUT2D eigenvalue weighted by Gasteiger charge is 2.22. The van der Waals surface area contributed by atoms with Crippen molar-refractivity contribution in [1.82, 2.24) is 24.6 Å². The number of carbonyl (C=O) groups excluding carboxylic acids is 1. The van der Waals surface area contributed by atoms with Crippen molar-refractivity contribution >= 4 is 28.4 Å². The number of carbonyl (C=O) groups is 1. The molecule has 10 heteroatoms. The summed E-state index contributed by atoms with van der Waals surface area (Å²) in [5.41, 5.74) is 0.748. The molecule has 0 atom stereocenters. The largest absolute Gasteiger partial charge is 0.353 e. The molecule has 1 amide bonds. The molecule has 3 heterocycles. The summed E-state index contributed by atoms with van der Waals surface area (Å²) in [5.74, 6) is -0.979. The number of aromatic nitrogens is 4. The van der Waals surface area contributed by atoms with Crippen molar-refractivity contribution in [2.75, 3.05) is 42.9 Å². The molecule has 4 rings (SSSR count). The number of aryl methyl sites for hydroxylation is 1. The Labute approximate surface area is 159 Å². The van der Waals surface area contributed by atoms with Crippen LogP contribution in [-0.2, 0) is 11.8 Å². The molecule has 0 spiro atoms. The molecule has 0 unspecified atom stereocenters. The average Bonchev–Trinajstić information content (AvgIpc) is 3.06. The minimum atomic E-state index is -0.789. The highest BCUT2D eigenvalue weighted by molar-refractivity contribution is 5.92. The maximum absolute atomic E-state index is 13.7. The van der Waals surface area contributed by atoms with E-state index in [1.54, 1.807) is 10.9 Å². The van der Waals surface area contributed by atoms with Gasteiger partial charge in [-0.3, -0.25) is 14.4 Å². The number of fused-ring (bicyclic) bond motifs is 1. The number of piperazine rings is 1. The Morgan fingerprint density at radius 2 is 1.96 bits per heavy atom. The van der Waals surface area contributed by atoms with Crippen molar-refractivity contribution in [2.24, 2.45) is 7.05 Å². The van der Waals surface area contributed by atoms with Gasteiger partial charge in [-0.25, -0.2) is 18.7 Å². The van der Waals surface area contributed by atoms with Gasteiger partial charge in [0.05, 0.1) is 23.8 Å². The first-order chi connectivity index (χ1) is 13.5. The van der Waals surface area contributed by atoms with Crippen molar-refractivity contribution in [2.45, 2.75) is 0 Å². The number of halogens is 2. The van der Waals surface area contributed by atoms with Crippen molar-refractivity contribution in [3.05, 3.63) is 42.4 Å². The molecule has 146 valence electrons. The molecule has 1 aromatic carbocycles. The van der Waals surface area contributed by atoms with E-state index in [2.05, 4.69) is 25.3 Å². The summed E-state index contributed by atoms with van der Waals surface area (Å²) in [4.78, 5) is 25.0. The van der Waals surface area contributed by atoms with E-state index >= 15 is 0 Å². The second kappa shape index (κ2) is 7.47. The molecular weight excluding hydrogens is 368 g/mol. The third-order valence-corrected chi connectivity index (χ3v) is 4.75. The normalized spacial score (nSPS) is 15.2. The van der Waals surface area contributed by atoms with Gasteiger partial charge in [0.15, 0.2) is 5.65 Å². The van der Waals surface area contributed by atoms with Gasteiger partial charge in [0.1, 0.15) is 23.8 Å². The van der Waals surface area contributed by atoms with Gasteiger partial charge in [-0.2, -0.15) is 5.10 Å². The highest BCUT2D eigenvalue weighted by atomic mass is 19.1. The number of nitrogens with zero attached hydrogens (tertiary/aromatic N) is 6.